The van der Waals surface area contributed by atoms with Crippen LogP contribution in [-0.2, 0) is 19.6 Å². The van der Waals surface area contributed by atoms with Crippen LogP contribution in [0.1, 0.15) is 5.56 Å². The molecule has 3 N–H and O–H groups in total. The fourth-order valence-electron chi connectivity index (χ4n) is 1.54. The Morgan fingerprint density at radius 1 is 1.35 bits per heavy atom. The zero-order valence-corrected chi connectivity index (χ0v) is 12.9. The fourth-order valence-corrected chi connectivity index (χ4v) is 3.66. The number of nitrogens with zero attached hydrogens (tertiary/aromatic N) is 1. The second kappa shape index (κ2) is 6.33. The van der Waals surface area contributed by atoms with E-state index >= 15 is 0 Å². The third-order valence-corrected chi connectivity index (χ3v) is 4.84. The number of rotatable bonds is 6. The number of carboxylic acids is 1. The average Bonchev–Trinajstić information content (AvgIpc) is 2.30. The first-order chi connectivity index (χ1) is 9.14. The lowest BCUT2D eigenvalue weighted by molar-refractivity contribution is -0.137. The maximum absolute atomic E-state index is 12.4. The number of primary amides is 1. The maximum atomic E-state index is 12.4. The lowest BCUT2D eigenvalue weighted by Gasteiger charge is -2.20. The molecular formula is C11H13BrN2O5S. The maximum Gasteiger partial charge on any atom is 0.318 e. The zero-order chi connectivity index (χ0) is 15.5. The molecular weight excluding hydrogens is 352 g/mol. The first-order valence-electron chi connectivity index (χ1n) is 5.41. The van der Waals surface area contributed by atoms with Gasteiger partial charge in [0, 0.05) is 4.47 Å². The first kappa shape index (κ1) is 16.6. The van der Waals surface area contributed by atoms with Crippen molar-refractivity contribution < 1.29 is 23.1 Å². The number of halogens is 1. The number of hydrogen-bond donors (Lipinski definition) is 2. The van der Waals surface area contributed by atoms with Gasteiger partial charge in [0.1, 0.15) is 6.54 Å². The van der Waals surface area contributed by atoms with Gasteiger partial charge in [-0.3, -0.25) is 9.59 Å². The van der Waals surface area contributed by atoms with E-state index in [0.29, 0.717) is 14.3 Å². The molecule has 0 aliphatic carbocycles. The zero-order valence-electron chi connectivity index (χ0n) is 10.5. The van der Waals surface area contributed by atoms with Crippen LogP contribution >= 0.6 is 15.9 Å². The number of benzene rings is 1. The molecule has 0 atom stereocenters. The first-order valence-corrected chi connectivity index (χ1v) is 7.64. The Bertz CT molecular complexity index is 628. The SMILES string of the molecule is Cc1ccc(Br)cc1S(=O)(=O)N(CC(N)=O)CC(=O)O. The number of hydrogen-bond acceptors (Lipinski definition) is 4. The summed E-state index contributed by atoms with van der Waals surface area (Å²) in [4.78, 5) is 21.6. The second-order valence-corrected chi connectivity index (χ2v) is 6.87. The molecule has 0 aromatic heterocycles. The van der Waals surface area contributed by atoms with Gasteiger partial charge < -0.3 is 10.8 Å². The quantitative estimate of drug-likeness (QED) is 0.753. The van der Waals surface area contributed by atoms with Crippen LogP contribution in [0.4, 0.5) is 0 Å². The summed E-state index contributed by atoms with van der Waals surface area (Å²) in [6.07, 6.45) is 0. The molecule has 9 heteroatoms. The highest BCUT2D eigenvalue weighted by Crippen LogP contribution is 2.23. The minimum absolute atomic E-state index is 0.0747. The molecule has 0 fully saturated rings. The van der Waals surface area contributed by atoms with Crippen molar-refractivity contribution in [2.45, 2.75) is 11.8 Å². The van der Waals surface area contributed by atoms with Crippen LogP contribution in [0.15, 0.2) is 27.6 Å². The van der Waals surface area contributed by atoms with Gasteiger partial charge in [-0.15, -0.1) is 0 Å². The molecule has 0 aliphatic heterocycles. The van der Waals surface area contributed by atoms with Crippen molar-refractivity contribution in [3.8, 4) is 0 Å². The summed E-state index contributed by atoms with van der Waals surface area (Å²) >= 11 is 3.15. The van der Waals surface area contributed by atoms with Crippen molar-refractivity contribution in [2.75, 3.05) is 13.1 Å². The van der Waals surface area contributed by atoms with E-state index < -0.39 is 35.0 Å². The molecule has 7 nitrogen and oxygen atoms in total. The Hall–Kier alpha value is -1.45. The highest BCUT2D eigenvalue weighted by Gasteiger charge is 2.29. The minimum atomic E-state index is -4.12. The van der Waals surface area contributed by atoms with Crippen molar-refractivity contribution in [3.05, 3.63) is 28.2 Å². The molecule has 0 aliphatic rings. The number of carbonyl (C=O) groups excluding carboxylic acids is 1. The average molecular weight is 365 g/mol. The van der Waals surface area contributed by atoms with Crippen molar-refractivity contribution in [1.82, 2.24) is 4.31 Å². The lowest BCUT2D eigenvalue weighted by Crippen LogP contribution is -2.41. The summed E-state index contributed by atoms with van der Waals surface area (Å²) in [5, 5.41) is 8.76. The van der Waals surface area contributed by atoms with Gasteiger partial charge in [0.05, 0.1) is 11.4 Å². The van der Waals surface area contributed by atoms with Gasteiger partial charge in [-0.1, -0.05) is 22.0 Å². The number of nitrogens with two attached hydrogens (primary N) is 1. The monoisotopic (exact) mass is 364 g/mol. The van der Waals surface area contributed by atoms with Gasteiger partial charge in [0.15, 0.2) is 0 Å². The van der Waals surface area contributed by atoms with Gasteiger partial charge >= 0.3 is 5.97 Å². The minimum Gasteiger partial charge on any atom is -0.480 e. The van der Waals surface area contributed by atoms with Gasteiger partial charge in [0.2, 0.25) is 15.9 Å². The van der Waals surface area contributed by atoms with Crippen LogP contribution in [0.5, 0.6) is 0 Å². The molecule has 1 rings (SSSR count). The molecule has 0 unspecified atom stereocenters. The molecule has 0 bridgehead atoms. The Kier molecular flexibility index (Phi) is 5.26. The predicted molar refractivity (Wildman–Crippen MR) is 74.5 cm³/mol. The van der Waals surface area contributed by atoms with E-state index in [-0.39, 0.29) is 4.90 Å². The molecule has 0 radical (unpaired) electrons. The molecule has 110 valence electrons. The van der Waals surface area contributed by atoms with Gasteiger partial charge in [0.25, 0.3) is 0 Å². The summed E-state index contributed by atoms with van der Waals surface area (Å²) in [6, 6.07) is 4.57. The fraction of sp³-hybridized carbons (Fsp3) is 0.273. The molecule has 0 heterocycles. The number of aliphatic carboxylic acids is 1. The second-order valence-electron chi connectivity index (χ2n) is 4.04. The molecule has 20 heavy (non-hydrogen) atoms. The van der Waals surface area contributed by atoms with E-state index in [1.54, 1.807) is 19.1 Å². The third kappa shape index (κ3) is 4.02. The van der Waals surface area contributed by atoms with E-state index in [2.05, 4.69) is 15.9 Å². The summed E-state index contributed by atoms with van der Waals surface area (Å²) in [7, 11) is -4.12. The van der Waals surface area contributed by atoms with Crippen LogP contribution < -0.4 is 5.73 Å². The van der Waals surface area contributed by atoms with Gasteiger partial charge in [-0.2, -0.15) is 4.31 Å². The van der Waals surface area contributed by atoms with Crippen molar-refractivity contribution in [2.24, 2.45) is 5.73 Å². The number of aryl methyl sites for hydroxylation is 1. The Labute approximate surface area is 124 Å². The highest BCUT2D eigenvalue weighted by atomic mass is 79.9. The van der Waals surface area contributed by atoms with Crippen LogP contribution in [-0.4, -0.2) is 42.8 Å². The number of sulfonamides is 1. The van der Waals surface area contributed by atoms with Crippen molar-refractivity contribution in [1.29, 1.82) is 0 Å². The van der Waals surface area contributed by atoms with Crippen molar-refractivity contribution >= 4 is 37.8 Å². The summed E-state index contributed by atoms with van der Waals surface area (Å²) in [5.74, 6) is -2.30. The molecule has 1 aromatic carbocycles. The molecule has 1 amide bonds. The van der Waals surface area contributed by atoms with Crippen LogP contribution in [0.25, 0.3) is 0 Å². The van der Waals surface area contributed by atoms with Crippen molar-refractivity contribution in [3.63, 3.8) is 0 Å². The third-order valence-electron chi connectivity index (χ3n) is 2.41. The predicted octanol–water partition coefficient (Wildman–Crippen LogP) is 0.318. The van der Waals surface area contributed by atoms with Crippen LogP contribution in [0.2, 0.25) is 0 Å². The smallest absolute Gasteiger partial charge is 0.318 e. The van der Waals surface area contributed by atoms with E-state index in [9.17, 15) is 18.0 Å². The molecule has 0 saturated heterocycles. The number of amides is 1. The van der Waals surface area contributed by atoms with E-state index in [1.165, 1.54) is 6.07 Å². The molecule has 0 spiro atoms. The Morgan fingerprint density at radius 3 is 2.45 bits per heavy atom. The Balaban J connectivity index is 3.31. The van der Waals surface area contributed by atoms with Crippen LogP contribution in [0, 0.1) is 6.92 Å². The van der Waals surface area contributed by atoms with E-state index in [0.717, 1.165) is 0 Å². The molecule has 0 saturated carbocycles. The topological polar surface area (TPSA) is 118 Å². The summed E-state index contributed by atoms with van der Waals surface area (Å²) < 4.78 is 25.9. The summed E-state index contributed by atoms with van der Waals surface area (Å²) in [6.45, 7) is 0.0420. The standard InChI is InChI=1S/C11H13BrN2O5S/c1-7-2-3-8(12)4-9(7)20(18,19)14(5-10(13)15)6-11(16)17/h2-4H,5-6H2,1H3,(H2,13,15)(H,16,17). The molecule has 1 aromatic rings. The Morgan fingerprint density at radius 2 is 1.95 bits per heavy atom. The van der Waals surface area contributed by atoms with Gasteiger partial charge in [-0.25, -0.2) is 8.42 Å². The van der Waals surface area contributed by atoms with Crippen LogP contribution in [0.3, 0.4) is 0 Å². The summed E-state index contributed by atoms with van der Waals surface area (Å²) in [5.41, 5.74) is 5.40. The lowest BCUT2D eigenvalue weighted by atomic mass is 10.2. The van der Waals surface area contributed by atoms with E-state index in [1.807, 2.05) is 0 Å². The normalized spacial score (nSPS) is 11.6. The number of carbonyl (C=O) groups is 2. The highest BCUT2D eigenvalue weighted by molar-refractivity contribution is 9.10. The largest absolute Gasteiger partial charge is 0.480 e. The van der Waals surface area contributed by atoms with Gasteiger partial charge in [-0.05, 0) is 24.6 Å². The number of carboxylic acid groups (broad SMARTS) is 1. The van der Waals surface area contributed by atoms with E-state index in [4.69, 9.17) is 10.8 Å².